The number of fused-ring (bicyclic) bond motifs is 1. The van der Waals surface area contributed by atoms with Crippen LogP contribution in [-0.4, -0.2) is 55.6 Å². The maximum absolute atomic E-state index is 13.7. The van der Waals surface area contributed by atoms with E-state index < -0.39 is 35.8 Å². The Bertz CT molecular complexity index is 2000. The van der Waals surface area contributed by atoms with E-state index in [1.54, 1.807) is 37.1 Å². The first kappa shape index (κ1) is 36.9. The van der Waals surface area contributed by atoms with Crippen molar-refractivity contribution in [2.45, 2.75) is 96.2 Å². The summed E-state index contributed by atoms with van der Waals surface area (Å²) in [6, 6.07) is 13.1. The first-order valence-electron chi connectivity index (χ1n) is 17.9. The fraction of sp³-hybridized carbons (Fsp3) is 0.500. The van der Waals surface area contributed by atoms with E-state index in [0.717, 1.165) is 60.7 Å². The summed E-state index contributed by atoms with van der Waals surface area (Å²) in [6.45, 7) is 6.33. The van der Waals surface area contributed by atoms with Crippen molar-refractivity contribution >= 4 is 34.6 Å². The molecule has 52 heavy (non-hydrogen) atoms. The molecule has 1 unspecified atom stereocenters. The zero-order chi connectivity index (χ0) is 37.2. The topological polar surface area (TPSA) is 138 Å². The van der Waals surface area contributed by atoms with Crippen molar-refractivity contribution in [1.82, 2.24) is 24.2 Å². The molecule has 1 saturated heterocycles. The van der Waals surface area contributed by atoms with Gasteiger partial charge in [-0.3, -0.25) is 34.0 Å². The first-order valence-corrected chi connectivity index (χ1v) is 17.9. The van der Waals surface area contributed by atoms with E-state index in [9.17, 15) is 28.0 Å². The van der Waals surface area contributed by atoms with E-state index in [4.69, 9.17) is 9.47 Å². The number of para-hydroxylation sites is 1. The quantitative estimate of drug-likeness (QED) is 0.128. The number of aromatic nitrogens is 4. The van der Waals surface area contributed by atoms with Gasteiger partial charge < -0.3 is 9.47 Å². The number of benzene rings is 2. The number of anilines is 1. The Morgan fingerprint density at radius 2 is 1.81 bits per heavy atom. The molecule has 1 aliphatic heterocycles. The Morgan fingerprint density at radius 1 is 1.06 bits per heavy atom. The molecule has 3 heterocycles. The third-order valence-electron chi connectivity index (χ3n) is 9.76. The number of hydrogen-bond acceptors (Lipinski definition) is 7. The van der Waals surface area contributed by atoms with Crippen LogP contribution in [0.2, 0.25) is 0 Å². The molecule has 3 amide bonds. The number of halogens is 2. The van der Waals surface area contributed by atoms with Gasteiger partial charge in [-0.25, -0.2) is 18.4 Å². The summed E-state index contributed by atoms with van der Waals surface area (Å²) in [7, 11) is 1.70. The molecule has 1 atom stereocenters. The highest BCUT2D eigenvalue weighted by atomic mass is 19.3. The van der Waals surface area contributed by atoms with Crippen molar-refractivity contribution in [2.75, 3.05) is 18.5 Å². The normalized spacial score (nSPS) is 19.6. The predicted octanol–water partition coefficient (Wildman–Crippen LogP) is 6.85. The van der Waals surface area contributed by atoms with Gasteiger partial charge in [0.05, 0.1) is 22.8 Å². The van der Waals surface area contributed by atoms with Crippen molar-refractivity contribution in [3.05, 3.63) is 70.4 Å². The van der Waals surface area contributed by atoms with Crippen LogP contribution in [0.1, 0.15) is 95.5 Å². The molecule has 4 aromatic rings. The highest BCUT2D eigenvalue weighted by Crippen LogP contribution is 2.35. The van der Waals surface area contributed by atoms with Gasteiger partial charge in [-0.2, -0.15) is 5.10 Å². The van der Waals surface area contributed by atoms with Gasteiger partial charge in [-0.05, 0) is 88.8 Å². The summed E-state index contributed by atoms with van der Waals surface area (Å²) < 4.78 is 43.3. The Balaban J connectivity index is 1.00. The number of aryl methyl sites for hydroxylation is 2. The molecule has 2 aliphatic rings. The minimum absolute atomic E-state index is 0.0354. The number of imidazole rings is 1. The monoisotopic (exact) mass is 720 g/mol. The number of piperidine rings is 1. The SMILES string of the molecule is Cn1c(=O)n(C2CCC(=O)NC2=O)c2cccc(-c3cccc(CCCOC[C@H]4CC[C@H](n5cc(NC(=O)OC(C)(C)C)c(C(F)F)n5)CC4)c3)c21. The number of amides is 3. The van der Waals surface area contributed by atoms with Gasteiger partial charge in [0, 0.05) is 38.4 Å². The smallest absolute Gasteiger partial charge is 0.412 e. The van der Waals surface area contributed by atoms with E-state index in [1.165, 1.54) is 10.8 Å². The number of rotatable bonds is 11. The lowest BCUT2D eigenvalue weighted by atomic mass is 9.86. The predicted molar refractivity (Wildman–Crippen MR) is 191 cm³/mol. The van der Waals surface area contributed by atoms with E-state index in [0.29, 0.717) is 24.6 Å². The minimum atomic E-state index is -2.83. The van der Waals surface area contributed by atoms with Crippen LogP contribution in [0.5, 0.6) is 0 Å². The second-order valence-electron chi connectivity index (χ2n) is 14.7. The van der Waals surface area contributed by atoms with Crippen LogP contribution in [-0.2, 0) is 32.5 Å². The number of imide groups is 1. The number of alkyl halides is 2. The van der Waals surface area contributed by atoms with Crippen molar-refractivity contribution < 1.29 is 32.6 Å². The zero-order valence-electron chi connectivity index (χ0n) is 30.0. The molecule has 1 saturated carbocycles. The van der Waals surface area contributed by atoms with Crippen LogP contribution in [0, 0.1) is 5.92 Å². The summed E-state index contributed by atoms with van der Waals surface area (Å²) in [5.74, 6) is -0.422. The molecular weight excluding hydrogens is 674 g/mol. The summed E-state index contributed by atoms with van der Waals surface area (Å²) in [5, 5.41) is 8.91. The largest absolute Gasteiger partial charge is 0.444 e. The van der Waals surface area contributed by atoms with E-state index in [2.05, 4.69) is 27.9 Å². The van der Waals surface area contributed by atoms with Crippen molar-refractivity contribution in [3.63, 3.8) is 0 Å². The van der Waals surface area contributed by atoms with Crippen LogP contribution in [0.3, 0.4) is 0 Å². The summed E-state index contributed by atoms with van der Waals surface area (Å²) in [4.78, 5) is 49.9. The van der Waals surface area contributed by atoms with Gasteiger partial charge in [0.2, 0.25) is 11.8 Å². The maximum Gasteiger partial charge on any atom is 0.412 e. The number of carbonyl (C=O) groups excluding carboxylic acids is 3. The molecule has 2 N–H and O–H groups in total. The van der Waals surface area contributed by atoms with Gasteiger partial charge in [0.25, 0.3) is 6.43 Å². The summed E-state index contributed by atoms with van der Waals surface area (Å²) in [6.07, 6.45) is 3.23. The highest BCUT2D eigenvalue weighted by molar-refractivity contribution is 6.01. The van der Waals surface area contributed by atoms with Crippen molar-refractivity contribution in [1.29, 1.82) is 0 Å². The zero-order valence-corrected chi connectivity index (χ0v) is 30.0. The summed E-state index contributed by atoms with van der Waals surface area (Å²) >= 11 is 0. The molecule has 278 valence electrons. The fourth-order valence-electron chi connectivity index (χ4n) is 7.26. The molecule has 1 aliphatic carbocycles. The number of hydrogen-bond donors (Lipinski definition) is 2. The molecule has 0 bridgehead atoms. The number of nitrogens with zero attached hydrogens (tertiary/aromatic N) is 4. The van der Waals surface area contributed by atoms with E-state index in [-0.39, 0.29) is 36.2 Å². The molecule has 14 heteroatoms. The Labute approximate surface area is 300 Å². The van der Waals surface area contributed by atoms with Crippen LogP contribution in [0.15, 0.2) is 53.5 Å². The van der Waals surface area contributed by atoms with Gasteiger partial charge in [-0.15, -0.1) is 0 Å². The van der Waals surface area contributed by atoms with Gasteiger partial charge in [0.15, 0.2) is 5.69 Å². The average molecular weight is 721 g/mol. The van der Waals surface area contributed by atoms with Gasteiger partial charge in [0.1, 0.15) is 11.6 Å². The van der Waals surface area contributed by atoms with E-state index >= 15 is 0 Å². The lowest BCUT2D eigenvalue weighted by Crippen LogP contribution is -2.44. The molecule has 0 spiro atoms. The van der Waals surface area contributed by atoms with Gasteiger partial charge >= 0.3 is 11.8 Å². The third-order valence-corrected chi connectivity index (χ3v) is 9.76. The fourth-order valence-corrected chi connectivity index (χ4v) is 7.26. The van der Waals surface area contributed by atoms with Crippen LogP contribution >= 0.6 is 0 Å². The Morgan fingerprint density at radius 3 is 2.52 bits per heavy atom. The molecule has 2 aromatic carbocycles. The number of ether oxygens (including phenoxy) is 2. The molecule has 12 nitrogen and oxygen atoms in total. The van der Waals surface area contributed by atoms with Crippen LogP contribution in [0.4, 0.5) is 19.3 Å². The lowest BCUT2D eigenvalue weighted by Gasteiger charge is -2.28. The number of nitrogens with one attached hydrogen (secondary N) is 2. The summed E-state index contributed by atoms with van der Waals surface area (Å²) in [5.41, 5.74) is 2.80. The second kappa shape index (κ2) is 15.4. The molecule has 2 fully saturated rings. The third kappa shape index (κ3) is 8.27. The lowest BCUT2D eigenvalue weighted by molar-refractivity contribution is -0.135. The molecule has 0 radical (unpaired) electrons. The second-order valence-corrected chi connectivity index (χ2v) is 14.7. The molecule has 2 aromatic heterocycles. The Hall–Kier alpha value is -4.85. The molecule has 6 rings (SSSR count). The van der Waals surface area contributed by atoms with Crippen LogP contribution < -0.4 is 16.3 Å². The minimum Gasteiger partial charge on any atom is -0.444 e. The van der Waals surface area contributed by atoms with Crippen LogP contribution in [0.25, 0.3) is 22.2 Å². The standard InChI is InChI=1S/C38H46F2N6O6/c1-38(2,3)52-36(49)41-28-21-45(43-32(28)34(39)40)26-15-13-24(14-16-26)22-51-19-7-9-23-8-5-10-25(20-23)27-11-6-12-29-33(27)44(4)37(50)46(29)30-17-18-31(47)42-35(30)48/h5-6,8,10-12,20-21,24,26,30,34H,7,9,13-19,22H2,1-4H3,(H,41,49)(H,42,47,48)/t24-,26-,30?. The maximum atomic E-state index is 13.7. The van der Waals surface area contributed by atoms with Gasteiger partial charge in [-0.1, -0.05) is 36.4 Å². The van der Waals surface area contributed by atoms with Crippen molar-refractivity contribution in [3.8, 4) is 11.1 Å². The van der Waals surface area contributed by atoms with E-state index in [1.807, 2.05) is 30.3 Å². The Kier molecular flexibility index (Phi) is 10.9. The van der Waals surface area contributed by atoms with Crippen molar-refractivity contribution in [2.24, 2.45) is 13.0 Å². The molecular formula is C38H46F2N6O6. The average Bonchev–Trinajstić information content (AvgIpc) is 3.62. The first-order chi connectivity index (χ1) is 24.8. The highest BCUT2D eigenvalue weighted by Gasteiger charge is 2.32. The number of carbonyl (C=O) groups is 3.